The van der Waals surface area contributed by atoms with Gasteiger partial charge in [0.05, 0.1) is 18.9 Å². The number of carbonyl (C=O) groups is 1. The molecule has 0 aromatic heterocycles. The largest absolute Gasteiger partial charge is 0.501 e. The summed E-state index contributed by atoms with van der Waals surface area (Å²) in [6, 6.07) is 0. The van der Waals surface area contributed by atoms with Crippen molar-refractivity contribution in [2.75, 3.05) is 6.61 Å². The van der Waals surface area contributed by atoms with Gasteiger partial charge in [-0.25, -0.2) is 4.79 Å². The van der Waals surface area contributed by atoms with E-state index in [0.29, 0.717) is 12.5 Å². The molecule has 0 aromatic rings. The van der Waals surface area contributed by atoms with Gasteiger partial charge in [-0.3, -0.25) is 0 Å². The minimum atomic E-state index is -0.973. The molecule has 0 radical (unpaired) electrons. The molecule has 0 aliphatic carbocycles. The predicted molar refractivity (Wildman–Crippen MR) is 71.4 cm³/mol. The topological polar surface area (TPSA) is 58.6 Å². The molecule has 1 fully saturated rings. The van der Waals surface area contributed by atoms with Gasteiger partial charge in [0, 0.05) is 11.1 Å². The van der Waals surface area contributed by atoms with E-state index in [9.17, 15) is 4.79 Å². The van der Waals surface area contributed by atoms with Crippen molar-refractivity contribution < 1.29 is 14.6 Å². The van der Waals surface area contributed by atoms with Crippen LogP contribution >= 0.6 is 0 Å². The molecule has 4 nitrogen and oxygen atoms in total. The van der Waals surface area contributed by atoms with E-state index in [2.05, 4.69) is 33.0 Å². The summed E-state index contributed by atoms with van der Waals surface area (Å²) in [4.78, 5) is 10.3. The Morgan fingerprint density at radius 1 is 1.33 bits per heavy atom. The van der Waals surface area contributed by atoms with Crippen LogP contribution in [0.2, 0.25) is 0 Å². The third-order valence-electron chi connectivity index (χ3n) is 3.23. The average molecular weight is 255 g/mol. The van der Waals surface area contributed by atoms with Crippen molar-refractivity contribution in [2.45, 2.75) is 58.0 Å². The second-order valence-corrected chi connectivity index (χ2v) is 6.47. The average Bonchev–Trinajstić information content (AvgIpc) is 2.11. The van der Waals surface area contributed by atoms with Crippen LogP contribution in [0, 0.1) is 5.92 Å². The summed E-state index contributed by atoms with van der Waals surface area (Å²) in [5.41, 5.74) is 0.312. The molecule has 104 valence electrons. The zero-order valence-electron chi connectivity index (χ0n) is 11.8. The maximum Gasteiger partial charge on any atom is 0.331 e. The summed E-state index contributed by atoms with van der Waals surface area (Å²) < 4.78 is 5.20. The highest BCUT2D eigenvalue weighted by molar-refractivity contribution is 5.79. The van der Waals surface area contributed by atoms with Crippen LogP contribution in [-0.4, -0.2) is 28.8 Å². The van der Waals surface area contributed by atoms with Crippen molar-refractivity contribution in [3.8, 4) is 0 Å². The number of hydrogen-bond donors (Lipinski definition) is 2. The molecule has 4 heteroatoms. The number of ether oxygens (including phenoxy) is 1. The second kappa shape index (κ2) is 5.74. The standard InChI is InChI=1S/C14H25NO3/c1-13(2)9-11(10-14(3,4)15-13)5-7-18-8-6-12(16)17/h6,8,11,15H,5,7,9-10H2,1-4H3,(H,16,17). The van der Waals surface area contributed by atoms with Crippen LogP contribution in [0.3, 0.4) is 0 Å². The summed E-state index contributed by atoms with van der Waals surface area (Å²) in [6.45, 7) is 9.50. The van der Waals surface area contributed by atoms with E-state index in [4.69, 9.17) is 9.84 Å². The molecule has 0 unspecified atom stereocenters. The van der Waals surface area contributed by atoms with E-state index in [-0.39, 0.29) is 11.1 Å². The Balaban J connectivity index is 2.36. The minimum Gasteiger partial charge on any atom is -0.501 e. The molecule has 0 atom stereocenters. The summed E-state index contributed by atoms with van der Waals surface area (Å²) in [5, 5.41) is 12.1. The SMILES string of the molecule is CC1(C)CC(CCOC=CC(=O)O)CC(C)(C)N1. The highest BCUT2D eigenvalue weighted by Gasteiger charge is 2.37. The molecular formula is C14H25NO3. The van der Waals surface area contributed by atoms with Gasteiger partial charge in [-0.2, -0.15) is 0 Å². The van der Waals surface area contributed by atoms with Crippen molar-refractivity contribution in [2.24, 2.45) is 5.92 Å². The highest BCUT2D eigenvalue weighted by atomic mass is 16.5. The number of piperidine rings is 1. The molecule has 1 saturated heterocycles. The van der Waals surface area contributed by atoms with Crippen molar-refractivity contribution in [1.29, 1.82) is 0 Å². The molecule has 18 heavy (non-hydrogen) atoms. The lowest BCUT2D eigenvalue weighted by atomic mass is 9.75. The maximum atomic E-state index is 10.3. The fourth-order valence-electron chi connectivity index (χ4n) is 3.15. The molecule has 1 heterocycles. The van der Waals surface area contributed by atoms with Crippen molar-refractivity contribution in [1.82, 2.24) is 5.32 Å². The number of carboxylic acid groups (broad SMARTS) is 1. The Morgan fingerprint density at radius 3 is 2.39 bits per heavy atom. The monoisotopic (exact) mass is 255 g/mol. The molecule has 0 saturated carbocycles. The number of nitrogens with one attached hydrogen (secondary N) is 1. The first-order valence-electron chi connectivity index (χ1n) is 6.51. The van der Waals surface area contributed by atoms with Crippen LogP contribution in [-0.2, 0) is 9.53 Å². The molecule has 0 aromatic carbocycles. The Hall–Kier alpha value is -1.03. The minimum absolute atomic E-state index is 0.156. The van der Waals surface area contributed by atoms with Crippen molar-refractivity contribution in [3.05, 3.63) is 12.3 Å². The van der Waals surface area contributed by atoms with Crippen LogP contribution in [0.15, 0.2) is 12.3 Å². The molecule has 1 aliphatic heterocycles. The van der Waals surface area contributed by atoms with Crippen LogP contribution in [0.25, 0.3) is 0 Å². The second-order valence-electron chi connectivity index (χ2n) is 6.47. The third kappa shape index (κ3) is 5.54. The molecule has 0 amide bonds. The van der Waals surface area contributed by atoms with Gasteiger partial charge >= 0.3 is 5.97 Å². The smallest absolute Gasteiger partial charge is 0.331 e. The lowest BCUT2D eigenvalue weighted by Gasteiger charge is -2.46. The zero-order chi connectivity index (χ0) is 13.8. The molecular weight excluding hydrogens is 230 g/mol. The van der Waals surface area contributed by atoms with Crippen LogP contribution in [0.4, 0.5) is 0 Å². The normalized spacial score (nSPS) is 23.1. The van der Waals surface area contributed by atoms with Gasteiger partial charge in [0.1, 0.15) is 0 Å². The van der Waals surface area contributed by atoms with E-state index in [1.165, 1.54) is 6.26 Å². The van der Waals surface area contributed by atoms with Gasteiger partial charge in [-0.15, -0.1) is 0 Å². The molecule has 1 aliphatic rings. The predicted octanol–water partition coefficient (Wildman–Crippen LogP) is 2.55. The highest BCUT2D eigenvalue weighted by Crippen LogP contribution is 2.34. The first-order chi connectivity index (χ1) is 8.20. The Labute approximate surface area is 109 Å². The lowest BCUT2D eigenvalue weighted by molar-refractivity contribution is -0.131. The maximum absolute atomic E-state index is 10.3. The quantitative estimate of drug-likeness (QED) is 0.450. The summed E-state index contributed by atoms with van der Waals surface area (Å²) >= 11 is 0. The molecule has 1 rings (SSSR count). The molecule has 2 N–H and O–H groups in total. The van der Waals surface area contributed by atoms with Gasteiger partial charge in [0.15, 0.2) is 0 Å². The van der Waals surface area contributed by atoms with E-state index in [0.717, 1.165) is 25.3 Å². The zero-order valence-corrected chi connectivity index (χ0v) is 11.8. The van der Waals surface area contributed by atoms with Crippen LogP contribution in [0.5, 0.6) is 0 Å². The first kappa shape index (κ1) is 15.0. The van der Waals surface area contributed by atoms with E-state index >= 15 is 0 Å². The van der Waals surface area contributed by atoms with Crippen LogP contribution in [0.1, 0.15) is 47.0 Å². The number of aliphatic carboxylic acids is 1. The summed E-state index contributed by atoms with van der Waals surface area (Å²) in [6.07, 6.45) is 5.51. The summed E-state index contributed by atoms with van der Waals surface area (Å²) in [7, 11) is 0. The van der Waals surface area contributed by atoms with Gasteiger partial charge in [-0.1, -0.05) is 0 Å². The number of hydrogen-bond acceptors (Lipinski definition) is 3. The van der Waals surface area contributed by atoms with Crippen molar-refractivity contribution >= 4 is 5.97 Å². The molecule has 0 bridgehead atoms. The van der Waals surface area contributed by atoms with Crippen LogP contribution < -0.4 is 5.32 Å². The third-order valence-corrected chi connectivity index (χ3v) is 3.23. The number of carboxylic acids is 1. The fraction of sp³-hybridized carbons (Fsp3) is 0.786. The van der Waals surface area contributed by atoms with Gasteiger partial charge in [-0.05, 0) is 52.9 Å². The van der Waals surface area contributed by atoms with Crippen molar-refractivity contribution in [3.63, 3.8) is 0 Å². The number of rotatable bonds is 5. The van der Waals surface area contributed by atoms with E-state index in [1.807, 2.05) is 0 Å². The van der Waals surface area contributed by atoms with E-state index < -0.39 is 5.97 Å². The van der Waals surface area contributed by atoms with E-state index in [1.54, 1.807) is 0 Å². The summed E-state index contributed by atoms with van der Waals surface area (Å²) in [5.74, 6) is -0.353. The molecule has 0 spiro atoms. The first-order valence-corrected chi connectivity index (χ1v) is 6.51. The van der Waals surface area contributed by atoms with Gasteiger partial charge in [0.2, 0.25) is 0 Å². The van der Waals surface area contributed by atoms with Gasteiger partial charge < -0.3 is 15.2 Å². The van der Waals surface area contributed by atoms with Gasteiger partial charge in [0.25, 0.3) is 0 Å². The Kier molecular flexibility index (Phi) is 4.79. The fourth-order valence-corrected chi connectivity index (χ4v) is 3.15. The Bertz CT molecular complexity index is 305. The lowest BCUT2D eigenvalue weighted by Crippen LogP contribution is -2.57. The Morgan fingerprint density at radius 2 is 1.89 bits per heavy atom.